The molecule has 7 heteroatoms. The topological polar surface area (TPSA) is 60.0 Å². The Labute approximate surface area is 167 Å². The molecule has 0 radical (unpaired) electrons. The molecule has 1 fully saturated rings. The highest BCUT2D eigenvalue weighted by Gasteiger charge is 2.28. The van der Waals surface area contributed by atoms with Crippen molar-refractivity contribution in [1.82, 2.24) is 20.4 Å². The number of nitrogens with zero attached hydrogens (tertiary/aromatic N) is 3. The van der Waals surface area contributed by atoms with Gasteiger partial charge < -0.3 is 15.5 Å². The minimum absolute atomic E-state index is 0.0685. The van der Waals surface area contributed by atoms with Gasteiger partial charge in [-0.25, -0.2) is 0 Å². The molecule has 6 nitrogen and oxygen atoms in total. The number of thiophene rings is 1. The molecule has 150 valence electrons. The second kappa shape index (κ2) is 9.55. The molecule has 3 heterocycles. The molecule has 1 saturated heterocycles. The molecular weight excluding hydrogens is 358 g/mol. The van der Waals surface area contributed by atoms with E-state index in [1.54, 1.807) is 4.88 Å². The summed E-state index contributed by atoms with van der Waals surface area (Å²) in [5, 5.41) is 9.07. The van der Waals surface area contributed by atoms with Crippen LogP contribution in [-0.2, 0) is 17.8 Å². The SMILES string of the molecule is CCNC(=NCCN1CCc2sccc2C1)NC1CCN(C(=O)C(C)C)C1. The van der Waals surface area contributed by atoms with Crippen LogP contribution in [0.25, 0.3) is 0 Å². The summed E-state index contributed by atoms with van der Waals surface area (Å²) in [6, 6.07) is 2.54. The van der Waals surface area contributed by atoms with Crippen molar-refractivity contribution in [2.45, 2.75) is 46.2 Å². The second-order valence-electron chi connectivity index (χ2n) is 7.72. The minimum Gasteiger partial charge on any atom is -0.357 e. The van der Waals surface area contributed by atoms with Crippen molar-refractivity contribution in [3.63, 3.8) is 0 Å². The summed E-state index contributed by atoms with van der Waals surface area (Å²) in [6.07, 6.45) is 2.15. The Bertz CT molecular complexity index is 657. The fourth-order valence-corrected chi connectivity index (χ4v) is 4.65. The molecule has 1 aromatic heterocycles. The smallest absolute Gasteiger partial charge is 0.225 e. The Morgan fingerprint density at radius 2 is 2.26 bits per heavy atom. The largest absolute Gasteiger partial charge is 0.357 e. The number of nitrogens with one attached hydrogen (secondary N) is 2. The van der Waals surface area contributed by atoms with Gasteiger partial charge in [-0.15, -0.1) is 11.3 Å². The van der Waals surface area contributed by atoms with Crippen molar-refractivity contribution in [3.05, 3.63) is 21.9 Å². The number of amides is 1. The summed E-state index contributed by atoms with van der Waals surface area (Å²) >= 11 is 1.88. The van der Waals surface area contributed by atoms with Crippen LogP contribution >= 0.6 is 11.3 Å². The number of likely N-dealkylation sites (tertiary alicyclic amines) is 1. The molecule has 1 atom stereocenters. The van der Waals surface area contributed by atoms with E-state index in [1.165, 1.54) is 5.56 Å². The van der Waals surface area contributed by atoms with Gasteiger partial charge in [0.25, 0.3) is 0 Å². The van der Waals surface area contributed by atoms with Gasteiger partial charge in [-0.1, -0.05) is 13.8 Å². The van der Waals surface area contributed by atoms with Crippen LogP contribution in [0.3, 0.4) is 0 Å². The standard InChI is InChI=1S/C20H33N5OS/c1-4-21-20(23-17-5-10-25(14-17)19(26)15(2)3)22-8-11-24-9-6-18-16(13-24)7-12-27-18/h7,12,15,17H,4-6,8-11,13-14H2,1-3H3,(H2,21,22,23). The summed E-state index contributed by atoms with van der Waals surface area (Å²) in [6.45, 7) is 12.4. The fraction of sp³-hybridized carbons (Fsp3) is 0.700. The third-order valence-electron chi connectivity index (χ3n) is 5.25. The van der Waals surface area contributed by atoms with Crippen molar-refractivity contribution in [3.8, 4) is 0 Å². The highest BCUT2D eigenvalue weighted by Crippen LogP contribution is 2.23. The van der Waals surface area contributed by atoms with E-state index in [2.05, 4.69) is 33.9 Å². The van der Waals surface area contributed by atoms with E-state index in [0.717, 1.165) is 64.6 Å². The van der Waals surface area contributed by atoms with Crippen LogP contribution in [0.5, 0.6) is 0 Å². The minimum atomic E-state index is 0.0685. The Hall–Kier alpha value is -1.60. The van der Waals surface area contributed by atoms with Gasteiger partial charge in [-0.05, 0) is 36.8 Å². The van der Waals surface area contributed by atoms with Crippen LogP contribution < -0.4 is 10.6 Å². The lowest BCUT2D eigenvalue weighted by Gasteiger charge is -2.26. The van der Waals surface area contributed by atoms with Gasteiger partial charge in [0.05, 0.1) is 6.54 Å². The maximum absolute atomic E-state index is 12.2. The van der Waals surface area contributed by atoms with Crippen molar-refractivity contribution in [2.24, 2.45) is 10.9 Å². The van der Waals surface area contributed by atoms with E-state index in [1.807, 2.05) is 30.1 Å². The predicted molar refractivity (Wildman–Crippen MR) is 112 cm³/mol. The Balaban J connectivity index is 1.46. The summed E-state index contributed by atoms with van der Waals surface area (Å²) in [7, 11) is 0. The van der Waals surface area contributed by atoms with Gasteiger partial charge in [-0.3, -0.25) is 14.7 Å². The summed E-state index contributed by atoms with van der Waals surface area (Å²) in [4.78, 5) is 22.9. The first-order valence-electron chi connectivity index (χ1n) is 10.2. The van der Waals surface area contributed by atoms with Crippen molar-refractivity contribution >= 4 is 23.2 Å². The van der Waals surface area contributed by atoms with E-state index in [0.29, 0.717) is 0 Å². The average molecular weight is 392 g/mol. The van der Waals surface area contributed by atoms with Gasteiger partial charge in [0, 0.05) is 56.1 Å². The van der Waals surface area contributed by atoms with Gasteiger partial charge >= 0.3 is 0 Å². The monoisotopic (exact) mass is 391 g/mol. The van der Waals surface area contributed by atoms with Crippen LogP contribution in [0, 0.1) is 5.92 Å². The Morgan fingerprint density at radius 3 is 3.04 bits per heavy atom. The number of guanidine groups is 1. The van der Waals surface area contributed by atoms with E-state index in [-0.39, 0.29) is 17.9 Å². The number of rotatable bonds is 6. The maximum atomic E-state index is 12.2. The summed E-state index contributed by atoms with van der Waals surface area (Å²) in [5.74, 6) is 1.19. The lowest BCUT2D eigenvalue weighted by Crippen LogP contribution is -2.45. The molecule has 0 aliphatic carbocycles. The molecule has 2 aliphatic heterocycles. The molecule has 0 saturated carbocycles. The third kappa shape index (κ3) is 5.45. The molecule has 27 heavy (non-hydrogen) atoms. The van der Waals surface area contributed by atoms with Gasteiger partial charge in [0.15, 0.2) is 5.96 Å². The van der Waals surface area contributed by atoms with E-state index >= 15 is 0 Å². The quantitative estimate of drug-likeness (QED) is 0.575. The molecule has 2 aliphatic rings. The zero-order valence-electron chi connectivity index (χ0n) is 16.8. The number of carbonyl (C=O) groups is 1. The first kappa shape index (κ1) is 20.1. The molecule has 0 spiro atoms. The highest BCUT2D eigenvalue weighted by atomic mass is 32.1. The molecule has 2 N–H and O–H groups in total. The third-order valence-corrected chi connectivity index (χ3v) is 6.27. The van der Waals surface area contributed by atoms with Gasteiger partial charge in [0.2, 0.25) is 5.91 Å². The zero-order valence-corrected chi connectivity index (χ0v) is 17.6. The van der Waals surface area contributed by atoms with Crippen molar-refractivity contribution < 1.29 is 4.79 Å². The average Bonchev–Trinajstić information content (AvgIpc) is 3.30. The maximum Gasteiger partial charge on any atom is 0.225 e. The molecule has 1 unspecified atom stereocenters. The van der Waals surface area contributed by atoms with Gasteiger partial charge in [-0.2, -0.15) is 0 Å². The van der Waals surface area contributed by atoms with E-state index in [4.69, 9.17) is 4.99 Å². The number of aliphatic imine (C=N–C) groups is 1. The summed E-state index contributed by atoms with van der Waals surface area (Å²) < 4.78 is 0. The molecule has 1 aromatic rings. The first-order valence-corrected chi connectivity index (χ1v) is 11.1. The molecule has 0 aromatic carbocycles. The Kier molecular flexibility index (Phi) is 7.13. The number of carbonyl (C=O) groups excluding carboxylic acids is 1. The normalized spacial score (nSPS) is 20.8. The molecule has 0 bridgehead atoms. The Morgan fingerprint density at radius 1 is 1.41 bits per heavy atom. The first-order chi connectivity index (χ1) is 13.1. The summed E-state index contributed by atoms with van der Waals surface area (Å²) in [5.41, 5.74) is 1.49. The number of fused-ring (bicyclic) bond motifs is 1. The second-order valence-corrected chi connectivity index (χ2v) is 8.73. The van der Waals surface area contributed by atoms with Crippen LogP contribution in [0.4, 0.5) is 0 Å². The number of hydrogen-bond acceptors (Lipinski definition) is 4. The van der Waals surface area contributed by atoms with Crippen LogP contribution in [0.2, 0.25) is 0 Å². The van der Waals surface area contributed by atoms with Crippen LogP contribution in [-0.4, -0.2) is 67.0 Å². The van der Waals surface area contributed by atoms with E-state index in [9.17, 15) is 4.79 Å². The van der Waals surface area contributed by atoms with Crippen LogP contribution in [0.1, 0.15) is 37.6 Å². The van der Waals surface area contributed by atoms with Gasteiger partial charge in [0.1, 0.15) is 0 Å². The molecule has 3 rings (SSSR count). The van der Waals surface area contributed by atoms with Crippen molar-refractivity contribution in [2.75, 3.05) is 39.3 Å². The number of hydrogen-bond donors (Lipinski definition) is 2. The molecular formula is C20H33N5OS. The zero-order chi connectivity index (χ0) is 19.2. The lowest BCUT2D eigenvalue weighted by atomic mass is 10.1. The fourth-order valence-electron chi connectivity index (χ4n) is 3.76. The van der Waals surface area contributed by atoms with Crippen LogP contribution in [0.15, 0.2) is 16.4 Å². The van der Waals surface area contributed by atoms with E-state index < -0.39 is 0 Å². The van der Waals surface area contributed by atoms with Crippen molar-refractivity contribution in [1.29, 1.82) is 0 Å². The lowest BCUT2D eigenvalue weighted by molar-refractivity contribution is -0.133. The highest BCUT2D eigenvalue weighted by molar-refractivity contribution is 7.10. The molecule has 1 amide bonds. The predicted octanol–water partition coefficient (Wildman–Crippen LogP) is 1.92.